The fourth-order valence-electron chi connectivity index (χ4n) is 4.45. The van der Waals surface area contributed by atoms with Gasteiger partial charge in [0, 0.05) is 23.4 Å². The number of primary amides is 1. The van der Waals surface area contributed by atoms with Gasteiger partial charge in [0.1, 0.15) is 30.3 Å². The lowest BCUT2D eigenvalue weighted by molar-refractivity contribution is 0.149. The minimum Gasteiger partial charge on any atom is -0.443 e. The molecule has 10 nitrogen and oxygen atoms in total. The third-order valence-corrected chi connectivity index (χ3v) is 6.04. The molecule has 0 aliphatic heterocycles. The second-order valence-electron chi connectivity index (χ2n) is 8.14. The van der Waals surface area contributed by atoms with E-state index in [1.54, 1.807) is 37.4 Å². The van der Waals surface area contributed by atoms with E-state index in [0.29, 0.717) is 27.6 Å². The molecule has 0 bridgehead atoms. The van der Waals surface area contributed by atoms with Crippen LogP contribution in [0.2, 0.25) is 0 Å². The Balaban J connectivity index is 1.82. The number of carbonyl (C=O) groups excluding carboxylic acids is 1. The number of nitrogens with two attached hydrogens (primary N) is 1. The average molecular weight is 493 g/mol. The number of aromatic amines is 1. The fraction of sp³-hybridized carbons (Fsp3) is 0.0769. The molecule has 0 fully saturated rings. The molecule has 0 atom stereocenters. The van der Waals surface area contributed by atoms with Crippen molar-refractivity contribution in [2.75, 3.05) is 0 Å². The summed E-state index contributed by atoms with van der Waals surface area (Å²) in [5.74, 6) is -0.616. The van der Waals surface area contributed by atoms with Crippen LogP contribution in [0.4, 0.5) is 9.18 Å². The van der Waals surface area contributed by atoms with Crippen molar-refractivity contribution in [1.82, 2.24) is 20.0 Å². The van der Waals surface area contributed by atoms with E-state index in [0.717, 1.165) is 0 Å². The number of aromatic nitrogens is 4. The van der Waals surface area contributed by atoms with Crippen molar-refractivity contribution in [3.05, 3.63) is 81.7 Å². The van der Waals surface area contributed by atoms with E-state index in [-0.39, 0.29) is 39.8 Å². The molecule has 0 unspecified atom stereocenters. The van der Waals surface area contributed by atoms with E-state index in [4.69, 9.17) is 10.5 Å². The van der Waals surface area contributed by atoms with Gasteiger partial charge in [-0.1, -0.05) is 24.3 Å². The number of nitriles is 2. The Hall–Kier alpha value is -5.55. The number of ether oxygens (including phenoxy) is 1. The van der Waals surface area contributed by atoms with Crippen molar-refractivity contribution in [3.8, 4) is 34.5 Å². The summed E-state index contributed by atoms with van der Waals surface area (Å²) in [5, 5.41) is 31.8. The zero-order valence-electron chi connectivity index (χ0n) is 19.2. The van der Waals surface area contributed by atoms with E-state index >= 15 is 4.39 Å². The SMILES string of the molecule is Cn1ncc(-c2cc(C#N)c3c(=O)[nH]nc(COC(N)=O)c3c2)c1-c1c(F)cc2ccccc2c1C#N. The third-order valence-electron chi connectivity index (χ3n) is 6.04. The molecule has 11 heteroatoms. The first-order valence-electron chi connectivity index (χ1n) is 10.9. The standard InChI is InChI=1S/C26H16FN7O3/c1-34-24(23-18(10-29)16-5-3-2-4-13(16)8-20(23)27)19(11-31-34)14-6-15(9-28)22-17(7-14)21(12-37-26(30)36)32-33-25(22)35/h2-8,11H,12H2,1H3,(H2,30,36)(H,33,35). The Morgan fingerprint density at radius 3 is 2.70 bits per heavy atom. The van der Waals surface area contributed by atoms with Crippen LogP contribution < -0.4 is 11.3 Å². The molecule has 0 saturated carbocycles. The lowest BCUT2D eigenvalue weighted by Gasteiger charge is -2.13. The molecule has 0 radical (unpaired) electrons. The minimum absolute atomic E-state index is 0.0192. The van der Waals surface area contributed by atoms with Gasteiger partial charge >= 0.3 is 6.09 Å². The van der Waals surface area contributed by atoms with E-state index < -0.39 is 17.5 Å². The highest BCUT2D eigenvalue weighted by Gasteiger charge is 2.24. The topological polar surface area (TPSA) is 163 Å². The number of nitrogens with one attached hydrogen (secondary N) is 1. The minimum atomic E-state index is -1.04. The summed E-state index contributed by atoms with van der Waals surface area (Å²) in [7, 11) is 1.61. The average Bonchev–Trinajstić information content (AvgIpc) is 3.27. The van der Waals surface area contributed by atoms with Crippen molar-refractivity contribution in [2.24, 2.45) is 12.8 Å². The first-order chi connectivity index (χ1) is 17.8. The van der Waals surface area contributed by atoms with Crippen LogP contribution in [0.1, 0.15) is 16.8 Å². The summed E-state index contributed by atoms with van der Waals surface area (Å²) in [4.78, 5) is 23.7. The smallest absolute Gasteiger partial charge is 0.404 e. The monoisotopic (exact) mass is 493 g/mol. The molecular formula is C26H16FN7O3. The van der Waals surface area contributed by atoms with E-state index in [1.165, 1.54) is 23.0 Å². The van der Waals surface area contributed by atoms with Crippen LogP contribution in [0.3, 0.4) is 0 Å². The predicted molar refractivity (Wildman–Crippen MR) is 131 cm³/mol. The van der Waals surface area contributed by atoms with Crippen molar-refractivity contribution in [2.45, 2.75) is 6.61 Å². The van der Waals surface area contributed by atoms with Gasteiger partial charge in [0.05, 0.1) is 34.0 Å². The van der Waals surface area contributed by atoms with Gasteiger partial charge in [-0.15, -0.1) is 0 Å². The van der Waals surface area contributed by atoms with Crippen molar-refractivity contribution in [3.63, 3.8) is 0 Å². The van der Waals surface area contributed by atoms with Crippen LogP contribution in [-0.2, 0) is 18.4 Å². The molecule has 0 aliphatic rings. The Morgan fingerprint density at radius 1 is 1.19 bits per heavy atom. The quantitative estimate of drug-likeness (QED) is 0.386. The van der Waals surface area contributed by atoms with Crippen molar-refractivity contribution >= 4 is 27.6 Å². The first-order valence-corrected chi connectivity index (χ1v) is 10.9. The molecule has 0 aliphatic carbocycles. The highest BCUT2D eigenvalue weighted by Crippen LogP contribution is 2.39. The molecule has 5 rings (SSSR count). The van der Waals surface area contributed by atoms with E-state index in [2.05, 4.69) is 21.4 Å². The van der Waals surface area contributed by atoms with Gasteiger partial charge in [0.2, 0.25) is 0 Å². The maximum atomic E-state index is 15.5. The molecule has 1 amide bonds. The summed E-state index contributed by atoms with van der Waals surface area (Å²) >= 11 is 0. The summed E-state index contributed by atoms with van der Waals surface area (Å²) < 4.78 is 21.8. The summed E-state index contributed by atoms with van der Waals surface area (Å²) in [6.07, 6.45) is 0.441. The number of aryl methyl sites for hydroxylation is 1. The summed E-state index contributed by atoms with van der Waals surface area (Å²) in [6.45, 7) is -0.352. The van der Waals surface area contributed by atoms with E-state index in [1.807, 2.05) is 6.07 Å². The van der Waals surface area contributed by atoms with Gasteiger partial charge in [0.25, 0.3) is 5.56 Å². The van der Waals surface area contributed by atoms with Crippen LogP contribution in [0.25, 0.3) is 43.9 Å². The van der Waals surface area contributed by atoms with Gasteiger partial charge in [-0.05, 0) is 29.1 Å². The van der Waals surface area contributed by atoms with Crippen LogP contribution >= 0.6 is 0 Å². The molecule has 3 aromatic carbocycles. The van der Waals surface area contributed by atoms with Gasteiger partial charge in [0.15, 0.2) is 0 Å². The number of carbonyl (C=O) groups is 1. The number of benzene rings is 3. The number of amides is 1. The summed E-state index contributed by atoms with van der Waals surface area (Å²) in [6, 6.07) is 15.5. The number of halogens is 1. The Bertz CT molecular complexity index is 1890. The summed E-state index contributed by atoms with van der Waals surface area (Å²) in [5.41, 5.74) is 5.95. The maximum absolute atomic E-state index is 15.5. The molecule has 0 saturated heterocycles. The number of rotatable bonds is 4. The Kier molecular flexibility index (Phi) is 5.59. The molecule has 3 N–H and O–H groups in total. The maximum Gasteiger partial charge on any atom is 0.404 e. The molecular weight excluding hydrogens is 477 g/mol. The number of hydrogen-bond acceptors (Lipinski definition) is 7. The lowest BCUT2D eigenvalue weighted by Crippen LogP contribution is -2.17. The van der Waals surface area contributed by atoms with E-state index in [9.17, 15) is 20.1 Å². The predicted octanol–water partition coefficient (Wildman–Crippen LogP) is 3.62. The Labute approximate surface area is 207 Å². The second-order valence-corrected chi connectivity index (χ2v) is 8.14. The molecule has 37 heavy (non-hydrogen) atoms. The number of nitrogens with zero attached hydrogens (tertiary/aromatic N) is 5. The Morgan fingerprint density at radius 2 is 1.97 bits per heavy atom. The van der Waals surface area contributed by atoms with Crippen molar-refractivity contribution in [1.29, 1.82) is 10.5 Å². The molecule has 0 spiro atoms. The lowest BCUT2D eigenvalue weighted by atomic mass is 9.92. The van der Waals surface area contributed by atoms with Gasteiger partial charge in [-0.25, -0.2) is 14.3 Å². The highest BCUT2D eigenvalue weighted by atomic mass is 19.1. The normalized spacial score (nSPS) is 10.8. The third kappa shape index (κ3) is 3.81. The zero-order chi connectivity index (χ0) is 26.3. The van der Waals surface area contributed by atoms with Crippen molar-refractivity contribution < 1.29 is 13.9 Å². The molecule has 2 aromatic heterocycles. The second kappa shape index (κ2) is 8.91. The highest BCUT2D eigenvalue weighted by molar-refractivity contribution is 5.99. The van der Waals surface area contributed by atoms with Gasteiger partial charge in [-0.3, -0.25) is 9.48 Å². The van der Waals surface area contributed by atoms with Crippen LogP contribution in [0, 0.1) is 28.5 Å². The van der Waals surface area contributed by atoms with Crippen LogP contribution in [0.15, 0.2) is 53.5 Å². The fourth-order valence-corrected chi connectivity index (χ4v) is 4.45. The number of hydrogen-bond donors (Lipinski definition) is 2. The number of fused-ring (bicyclic) bond motifs is 2. The molecule has 180 valence electrons. The first kappa shape index (κ1) is 23.2. The molecule has 5 aromatic rings. The zero-order valence-corrected chi connectivity index (χ0v) is 19.2. The number of H-pyrrole nitrogens is 1. The van der Waals surface area contributed by atoms with Crippen LogP contribution in [0.5, 0.6) is 0 Å². The largest absolute Gasteiger partial charge is 0.443 e. The van der Waals surface area contributed by atoms with Gasteiger partial charge in [-0.2, -0.15) is 20.7 Å². The van der Waals surface area contributed by atoms with Gasteiger partial charge < -0.3 is 10.5 Å². The van der Waals surface area contributed by atoms with Crippen LogP contribution in [-0.4, -0.2) is 26.1 Å². The molecule has 2 heterocycles.